The minimum Gasteiger partial charge on any atom is -0.480 e. The number of carbonyl (C=O) groups is 1. The van der Waals surface area contributed by atoms with E-state index in [1.165, 1.54) is 0 Å². The summed E-state index contributed by atoms with van der Waals surface area (Å²) in [5.41, 5.74) is 1.16. The predicted octanol–water partition coefficient (Wildman–Crippen LogP) is 2.80. The van der Waals surface area contributed by atoms with Crippen LogP contribution in [0.1, 0.15) is 33.2 Å². The summed E-state index contributed by atoms with van der Waals surface area (Å²) in [5, 5.41) is 20.6. The lowest BCUT2D eigenvalue weighted by Crippen LogP contribution is -2.26. The van der Waals surface area contributed by atoms with Crippen molar-refractivity contribution < 1.29 is 32.5 Å². The number of ether oxygens (including phenoxy) is 1. The van der Waals surface area contributed by atoms with Crippen molar-refractivity contribution in [2.45, 2.75) is 25.6 Å². The van der Waals surface area contributed by atoms with Crippen LogP contribution in [-0.2, 0) is 22.0 Å². The van der Waals surface area contributed by atoms with E-state index in [1.54, 1.807) is 24.3 Å². The lowest BCUT2D eigenvalue weighted by atomic mass is 9.97. The van der Waals surface area contributed by atoms with Crippen LogP contribution in [-0.4, -0.2) is 30.9 Å². The lowest BCUT2D eigenvalue weighted by Gasteiger charge is -2.22. The predicted molar refractivity (Wildman–Crippen MR) is 94.0 cm³/mol. The van der Waals surface area contributed by atoms with E-state index >= 15 is 0 Å². The van der Waals surface area contributed by atoms with Gasteiger partial charge in [0, 0.05) is 18.1 Å². The Balaban J connectivity index is 2.03. The Morgan fingerprint density at radius 3 is 2.56 bits per heavy atom. The van der Waals surface area contributed by atoms with Gasteiger partial charge in [-0.05, 0) is 18.6 Å². The quantitative estimate of drug-likeness (QED) is 0.434. The van der Waals surface area contributed by atoms with Gasteiger partial charge in [0.05, 0.1) is 10.5 Å². The molecular weight excluding hydrogens is 378 g/mol. The highest BCUT2D eigenvalue weighted by molar-refractivity contribution is 7.74. The molecule has 10 heteroatoms. The SMILES string of the molecule is Cc1ccc(C(OS(=O)O)C2Cc3c(C(=O)O)ccc([N+](=O)[O-])c3O2)cc1. The van der Waals surface area contributed by atoms with E-state index in [9.17, 15) is 28.8 Å². The number of aryl methyl sites for hydroxylation is 1. The van der Waals surface area contributed by atoms with Crippen molar-refractivity contribution >= 4 is 23.0 Å². The van der Waals surface area contributed by atoms with Crippen molar-refractivity contribution in [2.24, 2.45) is 0 Å². The van der Waals surface area contributed by atoms with Crippen molar-refractivity contribution in [3.8, 4) is 5.75 Å². The molecule has 3 rings (SSSR count). The van der Waals surface area contributed by atoms with Gasteiger partial charge >= 0.3 is 23.0 Å². The molecule has 1 heterocycles. The smallest absolute Gasteiger partial charge is 0.336 e. The molecule has 9 nitrogen and oxygen atoms in total. The molecule has 0 amide bonds. The minimum atomic E-state index is -2.62. The summed E-state index contributed by atoms with van der Waals surface area (Å²) in [5.74, 6) is -1.40. The summed E-state index contributed by atoms with van der Waals surface area (Å²) in [6, 6.07) is 9.14. The summed E-state index contributed by atoms with van der Waals surface area (Å²) >= 11 is -2.62. The molecule has 142 valence electrons. The molecule has 3 atom stereocenters. The first-order valence-corrected chi connectivity index (χ1v) is 8.86. The van der Waals surface area contributed by atoms with Crippen LogP contribution in [0, 0.1) is 17.0 Å². The third-order valence-electron chi connectivity index (χ3n) is 4.27. The average Bonchev–Trinajstić information content (AvgIpc) is 3.03. The number of rotatable bonds is 6. The Morgan fingerprint density at radius 2 is 2.00 bits per heavy atom. The number of nitro groups is 1. The first-order valence-electron chi connectivity index (χ1n) is 7.82. The number of aromatic carboxylic acids is 1. The van der Waals surface area contributed by atoms with Crippen molar-refractivity contribution in [1.29, 1.82) is 0 Å². The van der Waals surface area contributed by atoms with Gasteiger partial charge in [0.15, 0.2) is 0 Å². The van der Waals surface area contributed by atoms with E-state index in [2.05, 4.69) is 0 Å². The number of nitro benzene ring substituents is 1. The maximum Gasteiger partial charge on any atom is 0.336 e. The second-order valence-electron chi connectivity index (χ2n) is 6.01. The van der Waals surface area contributed by atoms with Crippen LogP contribution in [0.15, 0.2) is 36.4 Å². The highest BCUT2D eigenvalue weighted by atomic mass is 32.2. The summed E-state index contributed by atoms with van der Waals surface area (Å²) in [7, 11) is 0. The molecule has 2 N–H and O–H groups in total. The number of carboxylic acid groups (broad SMARTS) is 1. The topological polar surface area (TPSA) is 136 Å². The maximum atomic E-state index is 11.5. The first kappa shape index (κ1) is 19.0. The van der Waals surface area contributed by atoms with E-state index in [-0.39, 0.29) is 29.0 Å². The third kappa shape index (κ3) is 3.82. The standard InChI is InChI=1S/C17H15NO8S/c1-9-2-4-10(5-3-9)15(26-27(23)24)14-8-12-11(17(19)20)6-7-13(18(21)22)16(12)25-14/h2-7,14-15H,8H2,1H3,(H,19,20)(H,23,24). The Morgan fingerprint density at radius 1 is 1.33 bits per heavy atom. The van der Waals surface area contributed by atoms with Crippen LogP contribution in [0.25, 0.3) is 0 Å². The minimum absolute atomic E-state index is 0.0195. The van der Waals surface area contributed by atoms with Gasteiger partial charge in [-0.15, -0.1) is 0 Å². The number of nitrogens with zero attached hydrogens (tertiary/aromatic N) is 1. The molecule has 0 fully saturated rings. The van der Waals surface area contributed by atoms with Crippen molar-refractivity contribution in [1.82, 2.24) is 0 Å². The zero-order valence-electron chi connectivity index (χ0n) is 14.0. The molecule has 0 saturated carbocycles. The van der Waals surface area contributed by atoms with Gasteiger partial charge in [-0.1, -0.05) is 29.8 Å². The monoisotopic (exact) mass is 393 g/mol. The van der Waals surface area contributed by atoms with Crippen molar-refractivity contribution in [2.75, 3.05) is 0 Å². The van der Waals surface area contributed by atoms with Crippen LogP contribution in [0.3, 0.4) is 0 Å². The molecule has 0 aromatic heterocycles. The van der Waals surface area contributed by atoms with E-state index in [0.717, 1.165) is 17.7 Å². The molecule has 1 aliphatic rings. The largest absolute Gasteiger partial charge is 0.480 e. The fourth-order valence-electron chi connectivity index (χ4n) is 3.03. The van der Waals surface area contributed by atoms with E-state index < -0.39 is 34.5 Å². The Labute approximate surface area is 156 Å². The number of carboxylic acids is 1. The Bertz CT molecular complexity index is 884. The number of hydrogen-bond donors (Lipinski definition) is 2. The summed E-state index contributed by atoms with van der Waals surface area (Å²) in [6.07, 6.45) is -1.95. The van der Waals surface area contributed by atoms with Gasteiger partial charge < -0.3 is 9.84 Å². The van der Waals surface area contributed by atoms with Gasteiger partial charge in [-0.25, -0.2) is 4.79 Å². The normalized spacial score (nSPS) is 17.6. The zero-order valence-corrected chi connectivity index (χ0v) is 14.8. The third-order valence-corrected chi connectivity index (χ3v) is 4.64. The summed E-state index contributed by atoms with van der Waals surface area (Å²) < 4.78 is 31.2. The van der Waals surface area contributed by atoms with Gasteiger partial charge in [-0.3, -0.25) is 18.9 Å². The summed E-state index contributed by atoms with van der Waals surface area (Å²) in [6.45, 7) is 1.87. The average molecular weight is 393 g/mol. The van der Waals surface area contributed by atoms with Gasteiger partial charge in [-0.2, -0.15) is 4.21 Å². The van der Waals surface area contributed by atoms with Crippen molar-refractivity contribution in [3.63, 3.8) is 0 Å². The molecule has 1 aliphatic heterocycles. The molecule has 2 aromatic rings. The van der Waals surface area contributed by atoms with Gasteiger partial charge in [0.2, 0.25) is 5.75 Å². The van der Waals surface area contributed by atoms with Crippen LogP contribution in [0.2, 0.25) is 0 Å². The molecule has 0 spiro atoms. The van der Waals surface area contributed by atoms with Crippen LogP contribution >= 0.6 is 0 Å². The van der Waals surface area contributed by atoms with Gasteiger partial charge in [0.25, 0.3) is 0 Å². The zero-order chi connectivity index (χ0) is 19.7. The van der Waals surface area contributed by atoms with Crippen LogP contribution < -0.4 is 4.74 Å². The second kappa shape index (κ2) is 7.43. The molecule has 27 heavy (non-hydrogen) atoms. The van der Waals surface area contributed by atoms with E-state index in [1.807, 2.05) is 6.92 Å². The first-order chi connectivity index (χ1) is 12.8. The van der Waals surface area contributed by atoms with Gasteiger partial charge in [0.1, 0.15) is 12.2 Å². The molecule has 0 aliphatic carbocycles. The maximum absolute atomic E-state index is 11.5. The highest BCUT2D eigenvalue weighted by Crippen LogP contribution is 2.43. The Hall–Kier alpha value is -2.82. The second-order valence-corrected chi connectivity index (χ2v) is 6.63. The number of hydrogen-bond acceptors (Lipinski definition) is 6. The van der Waals surface area contributed by atoms with Crippen LogP contribution in [0.5, 0.6) is 5.75 Å². The fraction of sp³-hybridized carbons (Fsp3) is 0.235. The van der Waals surface area contributed by atoms with Crippen molar-refractivity contribution in [3.05, 3.63) is 68.8 Å². The molecule has 0 saturated heterocycles. The molecule has 3 unspecified atom stereocenters. The fourth-order valence-corrected chi connectivity index (χ4v) is 3.45. The Kier molecular flexibility index (Phi) is 5.22. The van der Waals surface area contributed by atoms with E-state index in [4.69, 9.17) is 8.92 Å². The van der Waals surface area contributed by atoms with Crippen LogP contribution in [0.4, 0.5) is 5.69 Å². The number of benzene rings is 2. The van der Waals surface area contributed by atoms with E-state index in [0.29, 0.717) is 5.56 Å². The number of fused-ring (bicyclic) bond motifs is 1. The lowest BCUT2D eigenvalue weighted by molar-refractivity contribution is -0.385. The molecular formula is C17H15NO8S. The molecule has 0 radical (unpaired) electrons. The highest BCUT2D eigenvalue weighted by Gasteiger charge is 2.39. The molecule has 0 bridgehead atoms. The molecule has 2 aromatic carbocycles. The summed E-state index contributed by atoms with van der Waals surface area (Å²) in [4.78, 5) is 22.1.